The molecule has 2 saturated heterocycles. The van der Waals surface area contributed by atoms with Crippen molar-refractivity contribution in [3.63, 3.8) is 0 Å². The fourth-order valence-electron chi connectivity index (χ4n) is 4.23. The highest BCUT2D eigenvalue weighted by molar-refractivity contribution is 6.39. The molecule has 11 heteroatoms. The summed E-state index contributed by atoms with van der Waals surface area (Å²) in [6.45, 7) is 7.11. The maximum atomic E-state index is 13.4. The Labute approximate surface area is 207 Å². The molecule has 4 rings (SSSR count). The third-order valence-corrected chi connectivity index (χ3v) is 6.44. The lowest BCUT2D eigenvalue weighted by Gasteiger charge is -2.36. The number of benzene rings is 2. The largest absolute Gasteiger partial charge is 0.367 e. The number of nitro benzene ring substituents is 1. The number of anilines is 2. The average molecular weight is 492 g/mol. The predicted octanol–water partition coefficient (Wildman–Crippen LogP) is 2.55. The number of nitrogens with one attached hydrogen (secondary N) is 1. The van der Waals surface area contributed by atoms with Gasteiger partial charge >= 0.3 is 6.03 Å². The molecule has 36 heavy (non-hydrogen) atoms. The zero-order valence-electron chi connectivity index (χ0n) is 20.1. The first-order valence-corrected chi connectivity index (χ1v) is 11.3. The van der Waals surface area contributed by atoms with Gasteiger partial charge in [0.15, 0.2) is 0 Å². The highest BCUT2D eigenvalue weighted by Gasteiger charge is 2.37. The van der Waals surface area contributed by atoms with Gasteiger partial charge in [0.2, 0.25) is 5.91 Å². The number of carbonyl (C=O) groups is 4. The fraction of sp³-hybridized carbons (Fsp3) is 0.280. The molecule has 0 bridgehead atoms. The van der Waals surface area contributed by atoms with Gasteiger partial charge in [0.05, 0.1) is 10.6 Å². The number of rotatable bonds is 4. The second-order valence-corrected chi connectivity index (χ2v) is 8.72. The van der Waals surface area contributed by atoms with E-state index in [-0.39, 0.29) is 22.7 Å². The minimum atomic E-state index is -0.885. The standard InChI is InChI=1S/C25H25N5O6/c1-15-4-5-19(12-16(15)2)29-24(33)21(23(32)26-25(29)34)14-18-13-20(30(35)36)6-7-22(18)28-10-8-27(9-11-28)17(3)31/h4-7,12-14H,8-11H2,1-3H3,(H,26,32,34)/b21-14-. The van der Waals surface area contributed by atoms with Crippen LogP contribution in [-0.2, 0) is 14.4 Å². The number of amides is 5. The summed E-state index contributed by atoms with van der Waals surface area (Å²) in [5.74, 6) is -1.75. The summed E-state index contributed by atoms with van der Waals surface area (Å²) in [5, 5.41) is 13.6. The van der Waals surface area contributed by atoms with E-state index >= 15 is 0 Å². The second kappa shape index (κ2) is 9.61. The minimum absolute atomic E-state index is 0.0405. The molecule has 0 aromatic heterocycles. The van der Waals surface area contributed by atoms with Gasteiger partial charge < -0.3 is 9.80 Å². The molecule has 0 radical (unpaired) electrons. The molecule has 0 spiro atoms. The third-order valence-electron chi connectivity index (χ3n) is 6.44. The van der Waals surface area contributed by atoms with Crippen molar-refractivity contribution in [3.8, 4) is 0 Å². The van der Waals surface area contributed by atoms with Crippen molar-refractivity contribution in [2.45, 2.75) is 20.8 Å². The minimum Gasteiger partial charge on any atom is -0.367 e. The van der Waals surface area contributed by atoms with Crippen LogP contribution in [0.5, 0.6) is 0 Å². The van der Waals surface area contributed by atoms with Gasteiger partial charge in [0.25, 0.3) is 17.5 Å². The number of non-ortho nitro benzene ring substituents is 1. The van der Waals surface area contributed by atoms with Gasteiger partial charge in [-0.25, -0.2) is 9.69 Å². The Morgan fingerprint density at radius 3 is 2.31 bits per heavy atom. The molecular formula is C25H25N5O6. The summed E-state index contributed by atoms with van der Waals surface area (Å²) >= 11 is 0. The lowest BCUT2D eigenvalue weighted by molar-refractivity contribution is -0.384. The maximum absolute atomic E-state index is 13.4. The van der Waals surface area contributed by atoms with Crippen LogP contribution in [0.25, 0.3) is 6.08 Å². The SMILES string of the molecule is CC(=O)N1CCN(c2ccc([N+](=O)[O-])cc2/C=C2/C(=O)NC(=O)N(c3ccc(C)c(C)c3)C2=O)CC1. The van der Waals surface area contributed by atoms with Gasteiger partial charge in [0.1, 0.15) is 5.57 Å². The van der Waals surface area contributed by atoms with E-state index in [0.717, 1.165) is 16.0 Å². The highest BCUT2D eigenvalue weighted by atomic mass is 16.6. The van der Waals surface area contributed by atoms with Gasteiger partial charge in [-0.05, 0) is 49.2 Å². The van der Waals surface area contributed by atoms with Crippen molar-refractivity contribution < 1.29 is 24.1 Å². The first-order valence-electron chi connectivity index (χ1n) is 11.3. The predicted molar refractivity (Wildman–Crippen MR) is 132 cm³/mol. The third kappa shape index (κ3) is 4.67. The number of hydrogen-bond donors (Lipinski definition) is 1. The molecule has 186 valence electrons. The molecule has 2 heterocycles. The molecule has 2 aromatic rings. The number of urea groups is 1. The lowest BCUT2D eigenvalue weighted by Crippen LogP contribution is -2.54. The van der Waals surface area contributed by atoms with Crippen molar-refractivity contribution >= 4 is 46.9 Å². The Morgan fingerprint density at radius 2 is 1.69 bits per heavy atom. The van der Waals surface area contributed by atoms with Gasteiger partial charge in [-0.15, -0.1) is 0 Å². The second-order valence-electron chi connectivity index (χ2n) is 8.72. The Kier molecular flexibility index (Phi) is 6.56. The van der Waals surface area contributed by atoms with E-state index in [1.54, 1.807) is 29.2 Å². The van der Waals surface area contributed by atoms with E-state index in [1.807, 2.05) is 18.7 Å². The number of imide groups is 2. The molecule has 0 atom stereocenters. The van der Waals surface area contributed by atoms with Crippen LogP contribution in [0.4, 0.5) is 21.9 Å². The first-order chi connectivity index (χ1) is 17.1. The van der Waals surface area contributed by atoms with Crippen LogP contribution in [0.15, 0.2) is 42.0 Å². The van der Waals surface area contributed by atoms with Gasteiger partial charge in [0, 0.05) is 56.5 Å². The van der Waals surface area contributed by atoms with Crippen molar-refractivity contribution in [3.05, 3.63) is 68.8 Å². The van der Waals surface area contributed by atoms with Crippen LogP contribution in [0.1, 0.15) is 23.6 Å². The van der Waals surface area contributed by atoms with E-state index < -0.39 is 22.8 Å². The Hall–Kier alpha value is -4.54. The lowest BCUT2D eigenvalue weighted by atomic mass is 10.0. The molecule has 2 aliphatic rings. The molecule has 1 N–H and O–H groups in total. The number of hydrogen-bond acceptors (Lipinski definition) is 7. The summed E-state index contributed by atoms with van der Waals surface area (Å²) < 4.78 is 0. The van der Waals surface area contributed by atoms with Gasteiger partial charge in [-0.1, -0.05) is 6.07 Å². The molecule has 2 aliphatic heterocycles. The van der Waals surface area contributed by atoms with E-state index in [9.17, 15) is 29.3 Å². The first kappa shape index (κ1) is 24.6. The Balaban J connectivity index is 1.75. The molecule has 2 fully saturated rings. The summed E-state index contributed by atoms with van der Waals surface area (Å²) in [4.78, 5) is 65.7. The van der Waals surface area contributed by atoms with E-state index in [2.05, 4.69) is 5.32 Å². The van der Waals surface area contributed by atoms with Crippen LogP contribution in [0, 0.1) is 24.0 Å². The topological polar surface area (TPSA) is 133 Å². The summed E-state index contributed by atoms with van der Waals surface area (Å²) in [6, 6.07) is 8.38. The molecule has 0 unspecified atom stereocenters. The van der Waals surface area contributed by atoms with Crippen LogP contribution in [0.2, 0.25) is 0 Å². The number of barbiturate groups is 1. The maximum Gasteiger partial charge on any atom is 0.335 e. The zero-order valence-corrected chi connectivity index (χ0v) is 20.1. The van der Waals surface area contributed by atoms with E-state index in [1.165, 1.54) is 25.1 Å². The van der Waals surface area contributed by atoms with Gasteiger partial charge in [-0.3, -0.25) is 29.8 Å². The van der Waals surface area contributed by atoms with Crippen molar-refractivity contribution in [2.24, 2.45) is 0 Å². The molecule has 0 saturated carbocycles. The average Bonchev–Trinajstić information content (AvgIpc) is 2.83. The van der Waals surface area contributed by atoms with Crippen LogP contribution in [-0.4, -0.2) is 59.8 Å². The molecule has 2 aromatic carbocycles. The zero-order chi connectivity index (χ0) is 26.1. The molecular weight excluding hydrogens is 466 g/mol. The Morgan fingerprint density at radius 1 is 1.00 bits per heavy atom. The van der Waals surface area contributed by atoms with E-state index in [4.69, 9.17) is 0 Å². The van der Waals surface area contributed by atoms with Crippen LogP contribution < -0.4 is 15.1 Å². The fourth-order valence-corrected chi connectivity index (χ4v) is 4.23. The highest BCUT2D eigenvalue weighted by Crippen LogP contribution is 2.30. The Bertz CT molecular complexity index is 1330. The number of nitro groups is 1. The monoisotopic (exact) mass is 491 g/mol. The number of piperazine rings is 1. The quantitative estimate of drug-likeness (QED) is 0.301. The molecule has 11 nitrogen and oxygen atoms in total. The number of aryl methyl sites for hydroxylation is 2. The summed E-state index contributed by atoms with van der Waals surface area (Å²) in [5.41, 5.74) is 2.47. The van der Waals surface area contributed by atoms with Crippen molar-refractivity contribution in [1.82, 2.24) is 10.2 Å². The van der Waals surface area contributed by atoms with Gasteiger partial charge in [-0.2, -0.15) is 0 Å². The smallest absolute Gasteiger partial charge is 0.335 e. The normalized spacial score (nSPS) is 17.5. The van der Waals surface area contributed by atoms with Crippen molar-refractivity contribution in [1.29, 1.82) is 0 Å². The van der Waals surface area contributed by atoms with Crippen LogP contribution >= 0.6 is 0 Å². The summed E-state index contributed by atoms with van der Waals surface area (Å²) in [6.07, 6.45) is 1.28. The molecule has 5 amide bonds. The number of carbonyl (C=O) groups excluding carboxylic acids is 4. The van der Waals surface area contributed by atoms with Crippen LogP contribution in [0.3, 0.4) is 0 Å². The number of nitrogens with zero attached hydrogens (tertiary/aromatic N) is 4. The van der Waals surface area contributed by atoms with E-state index in [0.29, 0.717) is 37.6 Å². The summed E-state index contributed by atoms with van der Waals surface area (Å²) in [7, 11) is 0. The molecule has 0 aliphatic carbocycles. The van der Waals surface area contributed by atoms with Crippen molar-refractivity contribution in [2.75, 3.05) is 36.0 Å².